The van der Waals surface area contributed by atoms with Gasteiger partial charge in [0.05, 0.1) is 17.7 Å². The molecule has 4 nitrogen and oxygen atoms in total. The van der Waals surface area contributed by atoms with Gasteiger partial charge < -0.3 is 5.73 Å². The molecule has 1 heterocycles. The highest BCUT2D eigenvalue weighted by Crippen LogP contribution is 2.26. The van der Waals surface area contributed by atoms with Gasteiger partial charge in [-0.2, -0.15) is 0 Å². The lowest BCUT2D eigenvalue weighted by atomic mass is 10.0. The zero-order valence-corrected chi connectivity index (χ0v) is 11.8. The third kappa shape index (κ3) is 2.18. The summed E-state index contributed by atoms with van der Waals surface area (Å²) in [5.74, 6) is -0.472. The molecule has 3 rings (SSSR count). The number of hydrogen-bond donors (Lipinski definition) is 1. The maximum Gasteiger partial charge on any atom is 0.261 e. The number of aryl methyl sites for hydroxylation is 1. The number of hydrogen-bond acceptors (Lipinski definition) is 3. The maximum absolute atomic E-state index is 12.4. The van der Waals surface area contributed by atoms with Gasteiger partial charge in [0, 0.05) is 5.69 Å². The van der Waals surface area contributed by atoms with Crippen molar-refractivity contribution >= 4 is 17.5 Å². The van der Waals surface area contributed by atoms with Crippen molar-refractivity contribution in [2.24, 2.45) is 0 Å². The molecular formula is C17H16N2O2. The van der Waals surface area contributed by atoms with Gasteiger partial charge >= 0.3 is 0 Å². The third-order valence-electron chi connectivity index (χ3n) is 3.82. The van der Waals surface area contributed by atoms with Crippen LogP contribution < -0.4 is 5.73 Å². The number of rotatable bonds is 3. The molecule has 0 fully saturated rings. The Kier molecular flexibility index (Phi) is 3.22. The predicted molar refractivity (Wildman–Crippen MR) is 80.9 cm³/mol. The van der Waals surface area contributed by atoms with Crippen LogP contribution in [0.4, 0.5) is 5.69 Å². The van der Waals surface area contributed by atoms with Crippen LogP contribution in [-0.2, 0) is 13.0 Å². The normalized spacial score (nSPS) is 13.7. The maximum atomic E-state index is 12.4. The predicted octanol–water partition coefficient (Wildman–Crippen LogP) is 2.63. The van der Waals surface area contributed by atoms with E-state index in [1.165, 1.54) is 4.90 Å². The van der Waals surface area contributed by atoms with E-state index in [9.17, 15) is 9.59 Å². The van der Waals surface area contributed by atoms with Gasteiger partial charge in [0.15, 0.2) is 0 Å². The fraction of sp³-hybridized carbons (Fsp3) is 0.176. The standard InChI is InChI=1S/C17H16N2O2/c1-2-11-7-8-13(18)9-12(11)10-19-16(20)14-5-3-4-6-15(14)17(19)21/h3-9H,2,10,18H2,1H3. The fourth-order valence-corrected chi connectivity index (χ4v) is 2.69. The Morgan fingerprint density at radius 1 is 0.952 bits per heavy atom. The zero-order valence-electron chi connectivity index (χ0n) is 11.8. The summed E-state index contributed by atoms with van der Waals surface area (Å²) in [6, 6.07) is 12.5. The number of imide groups is 1. The minimum absolute atomic E-state index is 0.236. The topological polar surface area (TPSA) is 63.4 Å². The van der Waals surface area contributed by atoms with Gasteiger partial charge in [-0.25, -0.2) is 0 Å². The van der Waals surface area contributed by atoms with Gasteiger partial charge in [-0.15, -0.1) is 0 Å². The van der Waals surface area contributed by atoms with Crippen LogP contribution in [-0.4, -0.2) is 16.7 Å². The molecule has 0 spiro atoms. The Morgan fingerprint density at radius 2 is 1.57 bits per heavy atom. The lowest BCUT2D eigenvalue weighted by Gasteiger charge is -2.16. The summed E-state index contributed by atoms with van der Waals surface area (Å²) >= 11 is 0. The Labute approximate surface area is 123 Å². The molecule has 2 N–H and O–H groups in total. The van der Waals surface area contributed by atoms with Crippen LogP contribution in [0.25, 0.3) is 0 Å². The van der Waals surface area contributed by atoms with Crippen LogP contribution in [0.2, 0.25) is 0 Å². The van der Waals surface area contributed by atoms with Gasteiger partial charge in [0.2, 0.25) is 0 Å². The molecule has 0 bridgehead atoms. The van der Waals surface area contributed by atoms with E-state index >= 15 is 0 Å². The molecule has 0 atom stereocenters. The van der Waals surface area contributed by atoms with Gasteiger partial charge in [0.1, 0.15) is 0 Å². The van der Waals surface area contributed by atoms with Gasteiger partial charge in [-0.3, -0.25) is 14.5 Å². The second kappa shape index (κ2) is 5.05. The molecule has 0 saturated carbocycles. The lowest BCUT2D eigenvalue weighted by molar-refractivity contribution is 0.0642. The second-order valence-corrected chi connectivity index (χ2v) is 5.12. The molecule has 106 valence electrons. The largest absolute Gasteiger partial charge is 0.399 e. The number of anilines is 1. The van der Waals surface area contributed by atoms with Crippen molar-refractivity contribution < 1.29 is 9.59 Å². The van der Waals surface area contributed by atoms with E-state index in [2.05, 4.69) is 0 Å². The molecule has 2 aromatic carbocycles. The molecule has 2 amide bonds. The smallest absolute Gasteiger partial charge is 0.261 e. The third-order valence-corrected chi connectivity index (χ3v) is 3.82. The van der Waals surface area contributed by atoms with E-state index in [1.807, 2.05) is 25.1 Å². The van der Waals surface area contributed by atoms with Crippen LogP contribution in [0.15, 0.2) is 42.5 Å². The van der Waals surface area contributed by atoms with Crippen LogP contribution >= 0.6 is 0 Å². The summed E-state index contributed by atoms with van der Waals surface area (Å²) in [5, 5.41) is 0. The molecule has 2 aromatic rings. The number of nitrogens with zero attached hydrogens (tertiary/aromatic N) is 1. The minimum Gasteiger partial charge on any atom is -0.399 e. The number of nitrogens with two attached hydrogens (primary N) is 1. The Morgan fingerprint density at radius 3 is 2.14 bits per heavy atom. The minimum atomic E-state index is -0.236. The van der Waals surface area contributed by atoms with E-state index in [4.69, 9.17) is 5.73 Å². The molecule has 4 heteroatoms. The van der Waals surface area contributed by atoms with Gasteiger partial charge in [-0.05, 0) is 41.8 Å². The highest BCUT2D eigenvalue weighted by Gasteiger charge is 2.35. The van der Waals surface area contributed by atoms with Crippen LogP contribution in [0, 0.1) is 0 Å². The summed E-state index contributed by atoms with van der Waals surface area (Å²) in [4.78, 5) is 26.0. The van der Waals surface area contributed by atoms with Crippen LogP contribution in [0.3, 0.4) is 0 Å². The van der Waals surface area contributed by atoms with E-state index < -0.39 is 0 Å². The van der Waals surface area contributed by atoms with Crippen molar-refractivity contribution in [2.45, 2.75) is 19.9 Å². The first-order valence-electron chi connectivity index (χ1n) is 6.94. The summed E-state index contributed by atoms with van der Waals surface area (Å²) in [5.41, 5.74) is 9.43. The van der Waals surface area contributed by atoms with E-state index in [0.29, 0.717) is 16.8 Å². The monoisotopic (exact) mass is 280 g/mol. The first kappa shape index (κ1) is 13.4. The quantitative estimate of drug-likeness (QED) is 0.694. The van der Waals surface area contributed by atoms with E-state index in [1.54, 1.807) is 24.3 Å². The highest BCUT2D eigenvalue weighted by molar-refractivity contribution is 6.21. The Balaban J connectivity index is 1.96. The lowest BCUT2D eigenvalue weighted by Crippen LogP contribution is -2.29. The van der Waals surface area contributed by atoms with Crippen LogP contribution in [0.1, 0.15) is 38.8 Å². The zero-order chi connectivity index (χ0) is 15.0. The first-order valence-corrected chi connectivity index (χ1v) is 6.94. The van der Waals surface area contributed by atoms with Crippen molar-refractivity contribution in [1.29, 1.82) is 0 Å². The summed E-state index contributed by atoms with van der Waals surface area (Å²) < 4.78 is 0. The number of carbonyl (C=O) groups is 2. The van der Waals surface area contributed by atoms with Crippen molar-refractivity contribution in [3.8, 4) is 0 Å². The average molecular weight is 280 g/mol. The number of nitrogen functional groups attached to an aromatic ring is 1. The van der Waals surface area contributed by atoms with Crippen LogP contribution in [0.5, 0.6) is 0 Å². The molecule has 21 heavy (non-hydrogen) atoms. The molecule has 0 saturated heterocycles. The molecular weight excluding hydrogens is 264 g/mol. The number of benzene rings is 2. The molecule has 0 aromatic heterocycles. The first-order chi connectivity index (χ1) is 10.1. The fourth-order valence-electron chi connectivity index (χ4n) is 2.69. The number of carbonyl (C=O) groups excluding carboxylic acids is 2. The summed E-state index contributed by atoms with van der Waals surface area (Å²) in [7, 11) is 0. The van der Waals surface area contributed by atoms with Crippen molar-refractivity contribution in [1.82, 2.24) is 4.90 Å². The van der Waals surface area contributed by atoms with Gasteiger partial charge in [-0.1, -0.05) is 25.1 Å². The average Bonchev–Trinajstić information content (AvgIpc) is 2.73. The molecule has 0 unspecified atom stereocenters. The Bertz CT molecular complexity index is 702. The summed E-state index contributed by atoms with van der Waals surface area (Å²) in [6.07, 6.45) is 0.832. The van der Waals surface area contributed by atoms with E-state index in [0.717, 1.165) is 17.5 Å². The summed E-state index contributed by atoms with van der Waals surface area (Å²) in [6.45, 7) is 2.30. The number of amides is 2. The van der Waals surface area contributed by atoms with E-state index in [-0.39, 0.29) is 18.4 Å². The van der Waals surface area contributed by atoms with Gasteiger partial charge in [0.25, 0.3) is 11.8 Å². The Hall–Kier alpha value is -2.62. The molecule has 1 aliphatic rings. The molecule has 0 radical (unpaired) electrons. The molecule has 1 aliphatic heterocycles. The highest BCUT2D eigenvalue weighted by atomic mass is 16.2. The second-order valence-electron chi connectivity index (χ2n) is 5.12. The van der Waals surface area contributed by atoms with Crippen molar-refractivity contribution in [2.75, 3.05) is 5.73 Å². The van der Waals surface area contributed by atoms with Crippen molar-refractivity contribution in [3.63, 3.8) is 0 Å². The number of fused-ring (bicyclic) bond motifs is 1. The molecule has 0 aliphatic carbocycles. The van der Waals surface area contributed by atoms with Crippen molar-refractivity contribution in [3.05, 3.63) is 64.7 Å². The SMILES string of the molecule is CCc1ccc(N)cc1CN1C(=O)c2ccccc2C1=O.